The summed E-state index contributed by atoms with van der Waals surface area (Å²) in [6.07, 6.45) is 3.32. The number of anilines is 1. The first kappa shape index (κ1) is 12.9. The predicted octanol–water partition coefficient (Wildman–Crippen LogP) is 2.38. The van der Waals surface area contributed by atoms with Gasteiger partial charge in [0.2, 0.25) is 0 Å². The van der Waals surface area contributed by atoms with Crippen LogP contribution in [0.25, 0.3) is 5.69 Å². The molecule has 2 heterocycles. The van der Waals surface area contributed by atoms with E-state index in [-0.39, 0.29) is 5.88 Å². The van der Waals surface area contributed by atoms with Crippen molar-refractivity contribution in [3.63, 3.8) is 0 Å². The van der Waals surface area contributed by atoms with Crippen molar-refractivity contribution in [1.29, 1.82) is 0 Å². The second-order valence-corrected chi connectivity index (χ2v) is 4.22. The predicted molar refractivity (Wildman–Crippen MR) is 74.0 cm³/mol. The summed E-state index contributed by atoms with van der Waals surface area (Å²) >= 11 is 0. The smallest absolute Gasteiger partial charge is 0.404 e. The van der Waals surface area contributed by atoms with E-state index in [1.54, 1.807) is 23.1 Å². The molecule has 0 saturated carbocycles. The van der Waals surface area contributed by atoms with Gasteiger partial charge in [-0.2, -0.15) is 0 Å². The summed E-state index contributed by atoms with van der Waals surface area (Å²) < 4.78 is 6.73. The van der Waals surface area contributed by atoms with Gasteiger partial charge in [0.05, 0.1) is 36.4 Å². The van der Waals surface area contributed by atoms with Crippen LogP contribution < -0.4 is 5.32 Å². The van der Waals surface area contributed by atoms with E-state index in [0.29, 0.717) is 12.3 Å². The maximum Gasteiger partial charge on any atom is 0.433 e. The molecule has 0 saturated heterocycles. The summed E-state index contributed by atoms with van der Waals surface area (Å²) in [6, 6.07) is 10.5. The molecule has 0 aliphatic heterocycles. The summed E-state index contributed by atoms with van der Waals surface area (Å²) in [5, 5.41) is 21.5. The number of furan rings is 1. The number of hydrogen-bond acceptors (Lipinski definition) is 6. The van der Waals surface area contributed by atoms with E-state index >= 15 is 0 Å². The fourth-order valence-corrected chi connectivity index (χ4v) is 1.90. The minimum absolute atomic E-state index is 0.267. The molecular formula is C13H11N5O3. The second kappa shape index (κ2) is 5.45. The third-order valence-corrected chi connectivity index (χ3v) is 2.85. The fraction of sp³-hybridized carbons (Fsp3) is 0.0769. The van der Waals surface area contributed by atoms with E-state index in [1.807, 2.05) is 24.3 Å². The Morgan fingerprint density at radius 2 is 2.14 bits per heavy atom. The molecule has 0 atom stereocenters. The highest BCUT2D eigenvalue weighted by atomic mass is 16.6. The van der Waals surface area contributed by atoms with E-state index in [9.17, 15) is 10.1 Å². The largest absolute Gasteiger partial charge is 0.433 e. The molecule has 2 aromatic heterocycles. The molecule has 0 radical (unpaired) electrons. The lowest BCUT2D eigenvalue weighted by Crippen LogP contribution is -2.04. The van der Waals surface area contributed by atoms with E-state index in [1.165, 1.54) is 6.07 Å². The van der Waals surface area contributed by atoms with Crippen molar-refractivity contribution in [2.75, 3.05) is 5.32 Å². The molecule has 0 amide bonds. The second-order valence-electron chi connectivity index (χ2n) is 4.22. The zero-order chi connectivity index (χ0) is 14.7. The maximum absolute atomic E-state index is 10.6. The Morgan fingerprint density at radius 3 is 2.86 bits per heavy atom. The average molecular weight is 285 g/mol. The summed E-state index contributed by atoms with van der Waals surface area (Å²) in [5.74, 6) is 0.214. The number of rotatable bonds is 5. The lowest BCUT2D eigenvalue weighted by Gasteiger charge is -2.10. The van der Waals surface area contributed by atoms with Crippen LogP contribution in [0.2, 0.25) is 0 Å². The van der Waals surface area contributed by atoms with Crippen LogP contribution >= 0.6 is 0 Å². The molecule has 0 aliphatic carbocycles. The van der Waals surface area contributed by atoms with Crippen LogP contribution in [0.15, 0.2) is 53.2 Å². The van der Waals surface area contributed by atoms with Gasteiger partial charge in [0.15, 0.2) is 0 Å². The minimum Gasteiger partial charge on any atom is -0.404 e. The number of nitrogens with one attached hydrogen (secondary N) is 1. The van der Waals surface area contributed by atoms with Gasteiger partial charge in [-0.05, 0) is 18.2 Å². The molecule has 8 heteroatoms. The van der Waals surface area contributed by atoms with E-state index in [2.05, 4.69) is 15.6 Å². The Hall–Kier alpha value is -3.16. The zero-order valence-electron chi connectivity index (χ0n) is 10.8. The van der Waals surface area contributed by atoms with Crippen molar-refractivity contribution >= 4 is 11.6 Å². The van der Waals surface area contributed by atoms with Crippen LogP contribution in [0.1, 0.15) is 5.76 Å². The SMILES string of the molecule is O=[N+]([O-])c1ccc(CNc2ccccc2-n2ccnn2)o1. The summed E-state index contributed by atoms with van der Waals surface area (Å²) in [7, 11) is 0. The molecule has 106 valence electrons. The van der Waals surface area contributed by atoms with Crippen molar-refractivity contribution < 1.29 is 9.34 Å². The Kier molecular flexibility index (Phi) is 3.34. The van der Waals surface area contributed by atoms with Crippen molar-refractivity contribution in [2.45, 2.75) is 6.54 Å². The number of aromatic nitrogens is 3. The van der Waals surface area contributed by atoms with Gasteiger partial charge in [0, 0.05) is 0 Å². The molecular weight excluding hydrogens is 274 g/mol. The van der Waals surface area contributed by atoms with Crippen LogP contribution in [-0.4, -0.2) is 19.9 Å². The molecule has 1 aromatic carbocycles. The third-order valence-electron chi connectivity index (χ3n) is 2.85. The van der Waals surface area contributed by atoms with Gasteiger partial charge in [-0.15, -0.1) is 5.10 Å². The molecule has 21 heavy (non-hydrogen) atoms. The molecule has 0 unspecified atom stereocenters. The first-order valence-electron chi connectivity index (χ1n) is 6.17. The topological polar surface area (TPSA) is 99.0 Å². The molecule has 0 bridgehead atoms. The Balaban J connectivity index is 1.77. The Labute approximate surface area is 119 Å². The Morgan fingerprint density at radius 1 is 1.29 bits per heavy atom. The fourth-order valence-electron chi connectivity index (χ4n) is 1.90. The molecule has 1 N–H and O–H groups in total. The quantitative estimate of drug-likeness (QED) is 0.570. The number of benzene rings is 1. The third kappa shape index (κ3) is 2.73. The highest BCUT2D eigenvalue weighted by Crippen LogP contribution is 2.21. The summed E-state index contributed by atoms with van der Waals surface area (Å²) in [4.78, 5) is 10.0. The van der Waals surface area contributed by atoms with Crippen LogP contribution in [0.4, 0.5) is 11.6 Å². The minimum atomic E-state index is -0.563. The van der Waals surface area contributed by atoms with Gasteiger partial charge in [0.25, 0.3) is 0 Å². The lowest BCUT2D eigenvalue weighted by atomic mass is 10.2. The zero-order valence-corrected chi connectivity index (χ0v) is 10.8. The average Bonchev–Trinajstić information content (AvgIpc) is 3.17. The number of nitro groups is 1. The van der Waals surface area contributed by atoms with Gasteiger partial charge in [-0.25, -0.2) is 4.68 Å². The number of nitrogens with zero attached hydrogens (tertiary/aromatic N) is 4. The molecule has 0 spiro atoms. The van der Waals surface area contributed by atoms with Gasteiger partial charge in [0.1, 0.15) is 10.7 Å². The van der Waals surface area contributed by atoms with Crippen molar-refractivity contribution in [3.8, 4) is 5.69 Å². The Bertz CT molecular complexity index is 751. The van der Waals surface area contributed by atoms with Crippen LogP contribution in [0.3, 0.4) is 0 Å². The van der Waals surface area contributed by atoms with Gasteiger partial charge in [-0.1, -0.05) is 17.3 Å². The van der Waals surface area contributed by atoms with Crippen LogP contribution in [-0.2, 0) is 6.54 Å². The van der Waals surface area contributed by atoms with Crippen molar-refractivity contribution in [1.82, 2.24) is 15.0 Å². The molecule has 8 nitrogen and oxygen atoms in total. The maximum atomic E-state index is 10.6. The van der Waals surface area contributed by atoms with Gasteiger partial charge < -0.3 is 9.73 Å². The van der Waals surface area contributed by atoms with E-state index in [0.717, 1.165) is 11.4 Å². The van der Waals surface area contributed by atoms with Crippen molar-refractivity contribution in [3.05, 3.63) is 64.7 Å². The van der Waals surface area contributed by atoms with Crippen LogP contribution in [0.5, 0.6) is 0 Å². The van der Waals surface area contributed by atoms with Crippen LogP contribution in [0, 0.1) is 10.1 Å². The summed E-state index contributed by atoms with van der Waals surface area (Å²) in [6.45, 7) is 0.333. The first-order chi connectivity index (χ1) is 10.2. The van der Waals surface area contributed by atoms with Crippen molar-refractivity contribution in [2.24, 2.45) is 0 Å². The standard InChI is InChI=1S/C13H11N5O3/c19-18(20)13-6-5-10(21-13)9-14-11-3-1-2-4-12(11)17-8-7-15-16-17/h1-8,14H,9H2. The van der Waals surface area contributed by atoms with Gasteiger partial charge >= 0.3 is 5.88 Å². The molecule has 3 rings (SSSR count). The monoisotopic (exact) mass is 285 g/mol. The lowest BCUT2D eigenvalue weighted by molar-refractivity contribution is -0.402. The molecule has 0 aliphatic rings. The van der Waals surface area contributed by atoms with E-state index < -0.39 is 4.92 Å². The molecule has 3 aromatic rings. The highest BCUT2D eigenvalue weighted by molar-refractivity contribution is 5.60. The highest BCUT2D eigenvalue weighted by Gasteiger charge is 2.12. The van der Waals surface area contributed by atoms with Gasteiger partial charge in [-0.3, -0.25) is 10.1 Å². The number of para-hydroxylation sites is 2. The normalized spacial score (nSPS) is 10.5. The van der Waals surface area contributed by atoms with E-state index in [4.69, 9.17) is 4.42 Å². The first-order valence-corrected chi connectivity index (χ1v) is 6.17. The summed E-state index contributed by atoms with van der Waals surface area (Å²) in [5.41, 5.74) is 1.65. The molecule has 0 fully saturated rings. The number of hydrogen-bond donors (Lipinski definition) is 1.